The second-order valence-corrected chi connectivity index (χ2v) is 7.04. The fourth-order valence-electron chi connectivity index (χ4n) is 2.96. The molecule has 3 nitrogen and oxygen atoms in total. The van der Waals surface area contributed by atoms with Gasteiger partial charge in [0.1, 0.15) is 5.82 Å². The molecule has 0 amide bonds. The lowest BCUT2D eigenvalue weighted by molar-refractivity contribution is -0.137. The van der Waals surface area contributed by atoms with Crippen LogP contribution in [-0.2, 0) is 18.1 Å². The predicted molar refractivity (Wildman–Crippen MR) is 89.1 cm³/mol. The number of benzene rings is 1. The van der Waals surface area contributed by atoms with Crippen molar-refractivity contribution in [2.24, 2.45) is 0 Å². The average Bonchev–Trinajstić information content (AvgIpc) is 2.86. The van der Waals surface area contributed by atoms with Gasteiger partial charge in [-0.25, -0.2) is 4.98 Å². The highest BCUT2D eigenvalue weighted by molar-refractivity contribution is 9.10. The van der Waals surface area contributed by atoms with Crippen LogP contribution in [0.3, 0.4) is 0 Å². The van der Waals surface area contributed by atoms with Gasteiger partial charge in [-0.05, 0) is 42.2 Å². The van der Waals surface area contributed by atoms with Gasteiger partial charge < -0.3 is 10.4 Å². The molecular weight excluding hydrogens is 409 g/mol. The summed E-state index contributed by atoms with van der Waals surface area (Å²) in [5.41, 5.74) is 0.235. The number of alkyl halides is 3. The zero-order valence-electron chi connectivity index (χ0n) is 12.3. The third-order valence-electron chi connectivity index (χ3n) is 4.20. The Balaban J connectivity index is 1.96. The Hall–Kier alpha value is -1.31. The Morgan fingerprint density at radius 2 is 2.08 bits per heavy atom. The number of pyridine rings is 1. The number of fused-ring (bicyclic) bond motifs is 1. The Kier molecular flexibility index (Phi) is 4.53. The number of nitrogens with zero attached hydrogens (tertiary/aromatic N) is 1. The summed E-state index contributed by atoms with van der Waals surface area (Å²) in [6, 6.07) is 6.54. The van der Waals surface area contributed by atoms with Gasteiger partial charge >= 0.3 is 6.18 Å². The number of nitrogens with one attached hydrogen (secondary N) is 1. The maximum Gasteiger partial charge on any atom is 0.417 e. The zero-order chi connectivity index (χ0) is 17.5. The van der Waals surface area contributed by atoms with E-state index in [1.54, 1.807) is 0 Å². The van der Waals surface area contributed by atoms with Crippen LogP contribution in [0, 0.1) is 0 Å². The van der Waals surface area contributed by atoms with Crippen molar-refractivity contribution in [2.45, 2.75) is 24.6 Å². The van der Waals surface area contributed by atoms with E-state index in [4.69, 9.17) is 11.6 Å². The largest absolute Gasteiger partial charge is 0.417 e. The van der Waals surface area contributed by atoms with E-state index in [0.29, 0.717) is 6.42 Å². The zero-order valence-corrected chi connectivity index (χ0v) is 14.6. The lowest BCUT2D eigenvalue weighted by Gasteiger charge is -2.30. The van der Waals surface area contributed by atoms with Crippen LogP contribution in [0.25, 0.3) is 0 Å². The van der Waals surface area contributed by atoms with Gasteiger partial charge in [0.05, 0.1) is 22.7 Å². The van der Waals surface area contributed by atoms with Crippen molar-refractivity contribution in [3.05, 3.63) is 56.6 Å². The van der Waals surface area contributed by atoms with Crippen LogP contribution in [0.1, 0.15) is 23.1 Å². The normalized spacial score (nSPS) is 20.1. The summed E-state index contributed by atoms with van der Waals surface area (Å²) in [6.07, 6.45) is -2.44. The van der Waals surface area contributed by atoms with Crippen molar-refractivity contribution >= 4 is 33.3 Å². The van der Waals surface area contributed by atoms with Crippen LogP contribution in [0.4, 0.5) is 19.0 Å². The first-order valence-electron chi connectivity index (χ1n) is 7.16. The highest BCUT2D eigenvalue weighted by atomic mass is 79.9. The predicted octanol–water partition coefficient (Wildman–Crippen LogP) is 4.76. The van der Waals surface area contributed by atoms with Crippen molar-refractivity contribution in [2.75, 3.05) is 11.9 Å². The summed E-state index contributed by atoms with van der Waals surface area (Å²) in [7, 11) is 0. The number of anilines is 1. The van der Waals surface area contributed by atoms with E-state index in [1.807, 2.05) is 18.2 Å². The third-order valence-corrected chi connectivity index (χ3v) is 4.98. The quantitative estimate of drug-likeness (QED) is 0.751. The third kappa shape index (κ3) is 3.12. The number of rotatable bonds is 3. The van der Waals surface area contributed by atoms with Crippen LogP contribution in [-0.4, -0.2) is 16.7 Å². The van der Waals surface area contributed by atoms with E-state index in [0.717, 1.165) is 34.3 Å². The first kappa shape index (κ1) is 17.5. The number of hydrogen-bond acceptors (Lipinski definition) is 3. The molecule has 0 aliphatic heterocycles. The van der Waals surface area contributed by atoms with Crippen molar-refractivity contribution < 1.29 is 18.3 Å². The van der Waals surface area contributed by atoms with Crippen molar-refractivity contribution in [1.82, 2.24) is 4.98 Å². The number of aromatic nitrogens is 1. The Labute approximate surface area is 150 Å². The first-order valence-corrected chi connectivity index (χ1v) is 8.33. The summed E-state index contributed by atoms with van der Waals surface area (Å²) >= 11 is 9.38. The van der Waals surface area contributed by atoms with Crippen LogP contribution < -0.4 is 5.32 Å². The molecule has 8 heteroatoms. The molecule has 1 unspecified atom stereocenters. The van der Waals surface area contributed by atoms with E-state index >= 15 is 0 Å². The molecule has 0 bridgehead atoms. The molecule has 1 atom stereocenters. The van der Waals surface area contributed by atoms with Gasteiger partial charge in [-0.3, -0.25) is 0 Å². The SMILES string of the molecule is OCC1(Nc2ncc(C(F)(F)F)cc2Cl)CCc2cc(Br)ccc21. The molecule has 2 N–H and O–H groups in total. The monoisotopic (exact) mass is 420 g/mol. The van der Waals surface area contributed by atoms with E-state index in [-0.39, 0.29) is 17.4 Å². The standard InChI is InChI=1S/C16H13BrClF3N2O/c17-11-1-2-12-9(5-11)3-4-15(12,8-24)23-14-13(18)6-10(7-22-14)16(19,20)21/h1-2,5-7,24H,3-4,8H2,(H,22,23). The van der Waals surface area contributed by atoms with Crippen molar-refractivity contribution in [1.29, 1.82) is 0 Å². The molecule has 0 saturated carbocycles. The molecule has 1 heterocycles. The molecule has 0 fully saturated rings. The topological polar surface area (TPSA) is 45.1 Å². The minimum atomic E-state index is -4.50. The molecule has 3 rings (SSSR count). The second kappa shape index (κ2) is 6.20. The molecule has 0 spiro atoms. The number of halogens is 5. The van der Waals surface area contributed by atoms with Crippen molar-refractivity contribution in [3.63, 3.8) is 0 Å². The van der Waals surface area contributed by atoms with Crippen LogP contribution in [0.2, 0.25) is 5.02 Å². The Morgan fingerprint density at radius 1 is 1.33 bits per heavy atom. The van der Waals surface area contributed by atoms with Crippen LogP contribution >= 0.6 is 27.5 Å². The van der Waals surface area contributed by atoms with E-state index < -0.39 is 17.3 Å². The lowest BCUT2D eigenvalue weighted by Crippen LogP contribution is -2.37. The minimum absolute atomic E-state index is 0.120. The highest BCUT2D eigenvalue weighted by Gasteiger charge is 2.39. The molecule has 2 aromatic rings. The fraction of sp³-hybridized carbons (Fsp3) is 0.312. The minimum Gasteiger partial charge on any atom is -0.394 e. The Bertz CT molecular complexity index is 784. The first-order chi connectivity index (χ1) is 11.2. The molecular formula is C16H13BrClF3N2O. The summed E-state index contributed by atoms with van der Waals surface area (Å²) in [5, 5.41) is 12.9. The van der Waals surface area contributed by atoms with E-state index in [1.165, 1.54) is 0 Å². The van der Waals surface area contributed by atoms with Gasteiger partial charge in [-0.2, -0.15) is 13.2 Å². The van der Waals surface area contributed by atoms with Gasteiger partial charge in [0.2, 0.25) is 0 Å². The summed E-state index contributed by atoms with van der Waals surface area (Å²) in [4.78, 5) is 3.81. The van der Waals surface area contributed by atoms with Crippen LogP contribution in [0.5, 0.6) is 0 Å². The Morgan fingerprint density at radius 3 is 2.71 bits per heavy atom. The fourth-order valence-corrected chi connectivity index (χ4v) is 3.59. The van der Waals surface area contributed by atoms with E-state index in [9.17, 15) is 18.3 Å². The second-order valence-electron chi connectivity index (χ2n) is 5.72. The maximum absolute atomic E-state index is 12.7. The highest BCUT2D eigenvalue weighted by Crippen LogP contribution is 2.41. The van der Waals surface area contributed by atoms with E-state index in [2.05, 4.69) is 26.2 Å². The number of aryl methyl sites for hydroxylation is 1. The molecule has 0 radical (unpaired) electrons. The molecule has 1 aromatic carbocycles. The van der Waals surface area contributed by atoms with Gasteiger partial charge in [-0.15, -0.1) is 0 Å². The lowest BCUT2D eigenvalue weighted by atomic mass is 9.92. The molecule has 128 valence electrons. The van der Waals surface area contributed by atoms with Gasteiger partial charge in [0.25, 0.3) is 0 Å². The maximum atomic E-state index is 12.7. The molecule has 1 aliphatic rings. The van der Waals surface area contributed by atoms with Crippen molar-refractivity contribution in [3.8, 4) is 0 Å². The molecule has 1 aromatic heterocycles. The molecule has 1 aliphatic carbocycles. The number of aliphatic hydroxyl groups excluding tert-OH is 1. The van der Waals surface area contributed by atoms with Gasteiger partial charge in [0.15, 0.2) is 0 Å². The summed E-state index contributed by atoms with van der Waals surface area (Å²) in [6.45, 7) is -0.222. The smallest absolute Gasteiger partial charge is 0.394 e. The van der Waals surface area contributed by atoms with Gasteiger partial charge in [0, 0.05) is 10.7 Å². The number of aliphatic hydroxyl groups is 1. The number of hydrogen-bond donors (Lipinski definition) is 2. The van der Waals surface area contributed by atoms with Crippen LogP contribution in [0.15, 0.2) is 34.9 Å². The average molecular weight is 422 g/mol. The summed E-state index contributed by atoms with van der Waals surface area (Å²) < 4.78 is 39.1. The molecule has 0 saturated heterocycles. The van der Waals surface area contributed by atoms with Gasteiger partial charge in [-0.1, -0.05) is 33.6 Å². The molecule has 24 heavy (non-hydrogen) atoms. The summed E-state index contributed by atoms with van der Waals surface area (Å²) in [5.74, 6) is 0.120.